The van der Waals surface area contributed by atoms with Crippen molar-refractivity contribution < 1.29 is 4.74 Å². The molecule has 1 aliphatic rings. The molecule has 0 atom stereocenters. The highest BCUT2D eigenvalue weighted by atomic mass is 16.5. The van der Waals surface area contributed by atoms with E-state index in [0.29, 0.717) is 5.88 Å². The fraction of sp³-hybridized carbons (Fsp3) is 0.318. The van der Waals surface area contributed by atoms with Crippen LogP contribution in [-0.2, 0) is 13.1 Å². The molecule has 0 radical (unpaired) electrons. The number of pyridine rings is 1. The summed E-state index contributed by atoms with van der Waals surface area (Å²) >= 11 is 0. The van der Waals surface area contributed by atoms with Crippen molar-refractivity contribution in [3.63, 3.8) is 0 Å². The van der Waals surface area contributed by atoms with Gasteiger partial charge in [0.15, 0.2) is 0 Å². The van der Waals surface area contributed by atoms with E-state index in [4.69, 9.17) is 4.74 Å². The SMILES string of the molecule is COc1ccc(-n2cccc2CN2CCN(Cc3ccccc3)CC2)cn1. The number of nitrogens with zero attached hydrogens (tertiary/aromatic N) is 4. The molecule has 0 saturated carbocycles. The maximum absolute atomic E-state index is 5.16. The molecule has 3 aromatic rings. The molecule has 27 heavy (non-hydrogen) atoms. The summed E-state index contributed by atoms with van der Waals surface area (Å²) in [5.74, 6) is 0.641. The Balaban J connectivity index is 1.35. The molecule has 140 valence electrons. The van der Waals surface area contributed by atoms with Gasteiger partial charge in [0.2, 0.25) is 5.88 Å². The number of ether oxygens (including phenoxy) is 1. The highest BCUT2D eigenvalue weighted by Gasteiger charge is 2.18. The first kappa shape index (κ1) is 17.8. The standard InChI is InChI=1S/C22H26N4O/c1-27-22-10-9-20(16-23-22)26-11-5-8-21(26)18-25-14-12-24(13-15-25)17-19-6-3-2-4-7-19/h2-11,16H,12-15,17-18H2,1H3. The lowest BCUT2D eigenvalue weighted by Crippen LogP contribution is -2.45. The quantitative estimate of drug-likeness (QED) is 0.674. The van der Waals surface area contributed by atoms with Crippen LogP contribution in [0.4, 0.5) is 0 Å². The Morgan fingerprint density at radius 3 is 2.26 bits per heavy atom. The summed E-state index contributed by atoms with van der Waals surface area (Å²) < 4.78 is 7.37. The minimum atomic E-state index is 0.641. The summed E-state index contributed by atoms with van der Waals surface area (Å²) in [5, 5.41) is 0. The third-order valence-electron chi connectivity index (χ3n) is 5.14. The van der Waals surface area contributed by atoms with Gasteiger partial charge in [-0.05, 0) is 23.8 Å². The molecule has 0 spiro atoms. The second kappa shape index (κ2) is 8.37. The van der Waals surface area contributed by atoms with Crippen LogP contribution in [0.3, 0.4) is 0 Å². The molecule has 0 amide bonds. The van der Waals surface area contributed by atoms with Crippen molar-refractivity contribution in [3.05, 3.63) is 78.2 Å². The first-order valence-electron chi connectivity index (χ1n) is 9.47. The molecule has 4 rings (SSSR count). The Bertz CT molecular complexity index is 836. The molecule has 0 unspecified atom stereocenters. The number of rotatable bonds is 6. The van der Waals surface area contributed by atoms with E-state index in [-0.39, 0.29) is 0 Å². The first-order valence-corrected chi connectivity index (χ1v) is 9.47. The van der Waals surface area contributed by atoms with E-state index in [0.717, 1.165) is 45.0 Å². The molecule has 0 N–H and O–H groups in total. The minimum Gasteiger partial charge on any atom is -0.481 e. The highest BCUT2D eigenvalue weighted by Crippen LogP contribution is 2.17. The van der Waals surface area contributed by atoms with Gasteiger partial charge in [-0.25, -0.2) is 4.98 Å². The molecular weight excluding hydrogens is 336 g/mol. The maximum atomic E-state index is 5.16. The van der Waals surface area contributed by atoms with Gasteiger partial charge in [0.05, 0.1) is 19.0 Å². The van der Waals surface area contributed by atoms with Crippen LogP contribution in [0.25, 0.3) is 5.69 Å². The molecule has 5 nitrogen and oxygen atoms in total. The van der Waals surface area contributed by atoms with Gasteiger partial charge in [-0.3, -0.25) is 9.80 Å². The van der Waals surface area contributed by atoms with Crippen LogP contribution in [0.2, 0.25) is 0 Å². The number of hydrogen-bond donors (Lipinski definition) is 0. The van der Waals surface area contributed by atoms with Crippen LogP contribution in [0.5, 0.6) is 5.88 Å². The molecule has 1 saturated heterocycles. The van der Waals surface area contributed by atoms with Crippen LogP contribution in [0.15, 0.2) is 67.0 Å². The Hall–Kier alpha value is -2.63. The topological polar surface area (TPSA) is 33.5 Å². The first-order chi connectivity index (χ1) is 13.3. The van der Waals surface area contributed by atoms with Gasteiger partial charge in [-0.1, -0.05) is 30.3 Å². The zero-order valence-corrected chi connectivity index (χ0v) is 15.8. The van der Waals surface area contributed by atoms with Crippen molar-refractivity contribution in [2.75, 3.05) is 33.3 Å². The third kappa shape index (κ3) is 4.38. The molecule has 3 heterocycles. The number of piperazine rings is 1. The lowest BCUT2D eigenvalue weighted by atomic mass is 10.2. The van der Waals surface area contributed by atoms with E-state index < -0.39 is 0 Å². The molecule has 1 aliphatic heterocycles. The molecule has 0 aliphatic carbocycles. The Morgan fingerprint density at radius 2 is 1.59 bits per heavy atom. The summed E-state index contributed by atoms with van der Waals surface area (Å²) in [5.41, 5.74) is 3.75. The van der Waals surface area contributed by atoms with Crippen LogP contribution in [-0.4, -0.2) is 52.6 Å². The predicted octanol–water partition coefficient (Wildman–Crippen LogP) is 3.20. The second-order valence-electron chi connectivity index (χ2n) is 6.97. The van der Waals surface area contributed by atoms with Crippen LogP contribution >= 0.6 is 0 Å². The van der Waals surface area contributed by atoms with E-state index in [2.05, 4.69) is 68.0 Å². The van der Waals surface area contributed by atoms with E-state index >= 15 is 0 Å². The lowest BCUT2D eigenvalue weighted by Gasteiger charge is -2.34. The highest BCUT2D eigenvalue weighted by molar-refractivity contribution is 5.34. The van der Waals surface area contributed by atoms with Crippen LogP contribution in [0.1, 0.15) is 11.3 Å². The van der Waals surface area contributed by atoms with Gasteiger partial charge < -0.3 is 9.30 Å². The van der Waals surface area contributed by atoms with Gasteiger partial charge >= 0.3 is 0 Å². The molecule has 1 fully saturated rings. The number of aromatic nitrogens is 2. The van der Waals surface area contributed by atoms with Crippen molar-refractivity contribution in [2.45, 2.75) is 13.1 Å². The molecule has 2 aromatic heterocycles. The zero-order valence-electron chi connectivity index (χ0n) is 15.8. The Labute approximate surface area is 160 Å². The normalized spacial score (nSPS) is 15.7. The maximum Gasteiger partial charge on any atom is 0.213 e. The van der Waals surface area contributed by atoms with Crippen molar-refractivity contribution in [3.8, 4) is 11.6 Å². The summed E-state index contributed by atoms with van der Waals surface area (Å²) in [4.78, 5) is 9.40. The Kier molecular flexibility index (Phi) is 5.51. The van der Waals surface area contributed by atoms with Crippen molar-refractivity contribution >= 4 is 0 Å². The third-order valence-corrected chi connectivity index (χ3v) is 5.14. The monoisotopic (exact) mass is 362 g/mol. The van der Waals surface area contributed by atoms with Crippen molar-refractivity contribution in [2.24, 2.45) is 0 Å². The molecule has 1 aromatic carbocycles. The van der Waals surface area contributed by atoms with E-state index in [1.54, 1.807) is 7.11 Å². The molecular formula is C22H26N4O. The van der Waals surface area contributed by atoms with Gasteiger partial charge in [0, 0.05) is 57.2 Å². The predicted molar refractivity (Wildman–Crippen MR) is 107 cm³/mol. The lowest BCUT2D eigenvalue weighted by molar-refractivity contribution is 0.120. The van der Waals surface area contributed by atoms with Crippen LogP contribution in [0, 0.1) is 0 Å². The van der Waals surface area contributed by atoms with Crippen LogP contribution < -0.4 is 4.74 Å². The second-order valence-corrected chi connectivity index (χ2v) is 6.97. The molecule has 0 bridgehead atoms. The zero-order chi connectivity index (χ0) is 18.5. The minimum absolute atomic E-state index is 0.641. The summed E-state index contributed by atoms with van der Waals surface area (Å²) in [6.45, 7) is 6.41. The number of methoxy groups -OCH3 is 1. The van der Waals surface area contributed by atoms with E-state index in [1.807, 2.05) is 18.3 Å². The largest absolute Gasteiger partial charge is 0.481 e. The number of benzene rings is 1. The van der Waals surface area contributed by atoms with Crippen molar-refractivity contribution in [1.29, 1.82) is 0 Å². The van der Waals surface area contributed by atoms with Crippen molar-refractivity contribution in [1.82, 2.24) is 19.4 Å². The summed E-state index contributed by atoms with van der Waals surface area (Å²) in [7, 11) is 1.64. The molecule has 5 heteroatoms. The summed E-state index contributed by atoms with van der Waals surface area (Å²) in [6, 6.07) is 19.0. The van der Waals surface area contributed by atoms with Gasteiger partial charge in [0.1, 0.15) is 0 Å². The van der Waals surface area contributed by atoms with E-state index in [9.17, 15) is 0 Å². The Morgan fingerprint density at radius 1 is 0.852 bits per heavy atom. The van der Waals surface area contributed by atoms with Gasteiger partial charge in [-0.15, -0.1) is 0 Å². The fourth-order valence-electron chi connectivity index (χ4n) is 3.61. The van der Waals surface area contributed by atoms with Gasteiger partial charge in [-0.2, -0.15) is 0 Å². The van der Waals surface area contributed by atoms with E-state index in [1.165, 1.54) is 11.3 Å². The summed E-state index contributed by atoms with van der Waals surface area (Å²) in [6.07, 6.45) is 3.96. The average molecular weight is 362 g/mol. The number of hydrogen-bond acceptors (Lipinski definition) is 4. The fourth-order valence-corrected chi connectivity index (χ4v) is 3.61. The average Bonchev–Trinajstić information content (AvgIpc) is 3.18. The smallest absolute Gasteiger partial charge is 0.213 e. The van der Waals surface area contributed by atoms with Gasteiger partial charge in [0.25, 0.3) is 0 Å².